The molecule has 0 heterocycles. The molecule has 10 heavy (non-hydrogen) atoms. The molecular formula is C7H12ClFO. The summed E-state index contributed by atoms with van der Waals surface area (Å²) in [6.45, 7) is 5.88. The fraction of sp³-hybridized carbons (Fsp3) is 1.00. The van der Waals surface area contributed by atoms with Crippen LogP contribution in [-0.2, 0) is 4.74 Å². The summed E-state index contributed by atoms with van der Waals surface area (Å²) in [5.74, 6) is 0. The van der Waals surface area contributed by atoms with E-state index in [0.717, 1.165) is 0 Å². The highest BCUT2D eigenvalue weighted by molar-refractivity contribution is 6.26. The van der Waals surface area contributed by atoms with Gasteiger partial charge in [0.1, 0.15) is 6.10 Å². The van der Waals surface area contributed by atoms with Crippen LogP contribution in [-0.4, -0.2) is 17.8 Å². The van der Waals surface area contributed by atoms with Crippen molar-refractivity contribution in [3.63, 3.8) is 0 Å². The van der Waals surface area contributed by atoms with E-state index in [1.54, 1.807) is 13.8 Å². The summed E-state index contributed by atoms with van der Waals surface area (Å²) in [5.41, 5.74) is -0.509. The zero-order valence-electron chi connectivity index (χ0n) is 6.45. The number of halogens is 2. The van der Waals surface area contributed by atoms with Crippen molar-refractivity contribution in [1.82, 2.24) is 0 Å². The van der Waals surface area contributed by atoms with E-state index in [0.29, 0.717) is 6.61 Å². The number of hydrogen-bond acceptors (Lipinski definition) is 1. The van der Waals surface area contributed by atoms with Crippen LogP contribution in [0, 0.1) is 5.41 Å². The maximum absolute atomic E-state index is 13.1. The molecule has 0 saturated heterocycles. The molecule has 0 aromatic carbocycles. The molecule has 1 fully saturated rings. The second-order valence-electron chi connectivity index (χ2n) is 3.18. The number of alkyl halides is 2. The maximum atomic E-state index is 13.1. The van der Waals surface area contributed by atoms with E-state index in [1.807, 2.05) is 6.92 Å². The third kappa shape index (κ3) is 0.857. The summed E-state index contributed by atoms with van der Waals surface area (Å²) >= 11 is 5.49. The lowest BCUT2D eigenvalue weighted by Crippen LogP contribution is -2.01. The van der Waals surface area contributed by atoms with Crippen molar-refractivity contribution in [2.24, 2.45) is 5.41 Å². The van der Waals surface area contributed by atoms with E-state index in [1.165, 1.54) is 0 Å². The Bertz CT molecular complexity index is 131. The van der Waals surface area contributed by atoms with E-state index in [-0.39, 0.29) is 0 Å². The topological polar surface area (TPSA) is 9.23 Å². The van der Waals surface area contributed by atoms with Crippen molar-refractivity contribution in [3.05, 3.63) is 0 Å². The normalized spacial score (nSPS) is 43.5. The van der Waals surface area contributed by atoms with Gasteiger partial charge < -0.3 is 4.74 Å². The van der Waals surface area contributed by atoms with Gasteiger partial charge in [0.15, 0.2) is 0 Å². The van der Waals surface area contributed by atoms with Gasteiger partial charge >= 0.3 is 0 Å². The smallest absolute Gasteiger partial charge is 0.217 e. The van der Waals surface area contributed by atoms with Gasteiger partial charge in [-0.2, -0.15) is 0 Å². The molecular weight excluding hydrogens is 155 g/mol. The summed E-state index contributed by atoms with van der Waals surface area (Å²) in [7, 11) is 0. The molecule has 0 spiro atoms. The van der Waals surface area contributed by atoms with Crippen LogP contribution in [0.5, 0.6) is 0 Å². The molecule has 2 atom stereocenters. The summed E-state index contributed by atoms with van der Waals surface area (Å²) in [5, 5.41) is -1.64. The Labute approximate surface area is 65.5 Å². The van der Waals surface area contributed by atoms with Gasteiger partial charge in [-0.3, -0.25) is 0 Å². The fourth-order valence-electron chi connectivity index (χ4n) is 1.09. The van der Waals surface area contributed by atoms with E-state index >= 15 is 0 Å². The van der Waals surface area contributed by atoms with Crippen molar-refractivity contribution in [2.45, 2.75) is 32.0 Å². The molecule has 0 amide bonds. The Morgan fingerprint density at radius 1 is 1.60 bits per heavy atom. The molecule has 2 unspecified atom stereocenters. The lowest BCUT2D eigenvalue weighted by Gasteiger charge is -1.97. The number of ether oxygens (including phenoxy) is 1. The molecule has 0 N–H and O–H groups in total. The van der Waals surface area contributed by atoms with Crippen LogP contribution in [0.15, 0.2) is 0 Å². The Morgan fingerprint density at radius 2 is 2.00 bits per heavy atom. The molecule has 1 nitrogen and oxygen atoms in total. The predicted octanol–water partition coefficient (Wildman–Crippen LogP) is 2.34. The van der Waals surface area contributed by atoms with Gasteiger partial charge in [-0.05, 0) is 6.92 Å². The van der Waals surface area contributed by atoms with Gasteiger partial charge in [0.2, 0.25) is 5.13 Å². The maximum Gasteiger partial charge on any atom is 0.217 e. The average Bonchev–Trinajstić information content (AvgIpc) is 2.13. The Kier molecular flexibility index (Phi) is 1.72. The lowest BCUT2D eigenvalue weighted by molar-refractivity contribution is 0.0948. The van der Waals surface area contributed by atoms with E-state index in [4.69, 9.17) is 16.3 Å². The second-order valence-corrected chi connectivity index (χ2v) is 3.73. The van der Waals surface area contributed by atoms with Gasteiger partial charge in [0.05, 0.1) is 0 Å². The van der Waals surface area contributed by atoms with Crippen molar-refractivity contribution in [3.8, 4) is 0 Å². The fourth-order valence-corrected chi connectivity index (χ4v) is 1.47. The van der Waals surface area contributed by atoms with Gasteiger partial charge in [0.25, 0.3) is 0 Å². The van der Waals surface area contributed by atoms with Gasteiger partial charge in [-0.15, -0.1) is 0 Å². The van der Waals surface area contributed by atoms with Gasteiger partial charge in [-0.25, -0.2) is 4.39 Å². The average molecular weight is 167 g/mol. The van der Waals surface area contributed by atoms with Crippen molar-refractivity contribution in [2.75, 3.05) is 6.61 Å². The minimum atomic E-state index is -1.64. The van der Waals surface area contributed by atoms with E-state index < -0.39 is 16.6 Å². The third-order valence-corrected chi connectivity index (χ3v) is 2.78. The van der Waals surface area contributed by atoms with Gasteiger partial charge in [0, 0.05) is 12.0 Å². The highest BCUT2D eigenvalue weighted by atomic mass is 35.5. The Balaban J connectivity index is 2.54. The molecule has 1 rings (SSSR count). The van der Waals surface area contributed by atoms with Crippen LogP contribution in [0.25, 0.3) is 0 Å². The summed E-state index contributed by atoms with van der Waals surface area (Å²) in [4.78, 5) is 0. The van der Waals surface area contributed by atoms with Crippen LogP contribution >= 0.6 is 11.6 Å². The first-order valence-electron chi connectivity index (χ1n) is 3.44. The molecule has 0 aromatic rings. The van der Waals surface area contributed by atoms with Gasteiger partial charge in [-0.1, -0.05) is 25.4 Å². The molecule has 1 aliphatic carbocycles. The molecule has 0 aromatic heterocycles. The van der Waals surface area contributed by atoms with Crippen molar-refractivity contribution in [1.29, 1.82) is 0 Å². The summed E-state index contributed by atoms with van der Waals surface area (Å²) in [6, 6.07) is 0. The van der Waals surface area contributed by atoms with Crippen LogP contribution in [0.2, 0.25) is 0 Å². The standard InChI is InChI=1S/C7H12ClFO/c1-4-10-5-6(2,3)7(5,8)9/h5H,4H2,1-3H3. The molecule has 0 bridgehead atoms. The SMILES string of the molecule is CCOC1C(C)(C)C1(F)Cl. The minimum absolute atomic E-state index is 0.424. The van der Waals surface area contributed by atoms with Crippen molar-refractivity contribution >= 4 is 11.6 Å². The summed E-state index contributed by atoms with van der Waals surface area (Å²) in [6.07, 6.45) is -0.424. The van der Waals surface area contributed by atoms with Crippen LogP contribution in [0.3, 0.4) is 0 Å². The third-order valence-electron chi connectivity index (χ3n) is 2.09. The first kappa shape index (κ1) is 8.28. The van der Waals surface area contributed by atoms with Crippen molar-refractivity contribution < 1.29 is 9.13 Å². The van der Waals surface area contributed by atoms with E-state index in [2.05, 4.69) is 0 Å². The zero-order valence-corrected chi connectivity index (χ0v) is 7.20. The number of hydrogen-bond donors (Lipinski definition) is 0. The Morgan fingerprint density at radius 3 is 2.10 bits per heavy atom. The summed E-state index contributed by atoms with van der Waals surface area (Å²) < 4.78 is 18.1. The largest absolute Gasteiger partial charge is 0.373 e. The van der Waals surface area contributed by atoms with Crippen LogP contribution in [0.1, 0.15) is 20.8 Å². The second kappa shape index (κ2) is 2.08. The number of rotatable bonds is 2. The predicted molar refractivity (Wildman–Crippen MR) is 38.9 cm³/mol. The molecule has 1 aliphatic rings. The minimum Gasteiger partial charge on any atom is -0.373 e. The molecule has 1 saturated carbocycles. The quantitative estimate of drug-likeness (QED) is 0.573. The molecule has 0 aliphatic heterocycles. The first-order valence-corrected chi connectivity index (χ1v) is 3.81. The lowest BCUT2D eigenvalue weighted by atomic mass is 10.2. The Hall–Kier alpha value is 0.180. The molecule has 60 valence electrons. The molecule has 3 heteroatoms. The highest BCUT2D eigenvalue weighted by Crippen LogP contribution is 2.63. The van der Waals surface area contributed by atoms with E-state index in [9.17, 15) is 4.39 Å². The zero-order chi connectivity index (χ0) is 7.99. The monoisotopic (exact) mass is 166 g/mol. The van der Waals surface area contributed by atoms with Crippen LogP contribution < -0.4 is 0 Å². The highest BCUT2D eigenvalue weighted by Gasteiger charge is 2.73. The van der Waals surface area contributed by atoms with Crippen LogP contribution in [0.4, 0.5) is 4.39 Å². The molecule has 0 radical (unpaired) electrons. The first-order chi connectivity index (χ1) is 4.44.